The molecule has 5 heteroatoms. The molecule has 1 N–H and O–H groups in total. The Balaban J connectivity index is 3.03. The first-order valence-corrected chi connectivity index (χ1v) is 5.67. The van der Waals surface area contributed by atoms with Crippen molar-refractivity contribution >= 4 is 5.91 Å². The van der Waals surface area contributed by atoms with Gasteiger partial charge in [-0.2, -0.15) is 5.26 Å². The van der Waals surface area contributed by atoms with Gasteiger partial charge in [0, 0.05) is 6.54 Å². The zero-order valence-corrected chi connectivity index (χ0v) is 10.5. The first-order valence-electron chi connectivity index (χ1n) is 5.67. The number of phenols is 1. The lowest BCUT2D eigenvalue weighted by molar-refractivity contribution is 0.0772. The number of aromatic hydroxyl groups is 1. The van der Waals surface area contributed by atoms with E-state index in [0.29, 0.717) is 12.3 Å². The zero-order valence-electron chi connectivity index (χ0n) is 10.5. The summed E-state index contributed by atoms with van der Waals surface area (Å²) < 4.78 is 5.01. The summed E-state index contributed by atoms with van der Waals surface area (Å²) in [4.78, 5) is 13.6. The fraction of sp³-hybridized carbons (Fsp3) is 0.385. The third-order valence-corrected chi connectivity index (χ3v) is 2.48. The molecule has 0 atom stereocenters. The van der Waals surface area contributed by atoms with E-state index in [0.717, 1.165) is 6.42 Å². The molecule has 1 rings (SSSR count). The lowest BCUT2D eigenvalue weighted by atomic mass is 10.1. The van der Waals surface area contributed by atoms with Crippen LogP contribution in [0, 0.1) is 11.3 Å². The molecule has 0 radical (unpaired) electrons. The number of methoxy groups -OCH3 is 1. The van der Waals surface area contributed by atoms with Crippen LogP contribution in [0.25, 0.3) is 0 Å². The Labute approximate surface area is 106 Å². The van der Waals surface area contributed by atoms with Crippen molar-refractivity contribution in [1.82, 2.24) is 4.90 Å². The Bertz CT molecular complexity index is 466. The second kappa shape index (κ2) is 6.50. The van der Waals surface area contributed by atoms with Gasteiger partial charge in [-0.3, -0.25) is 4.79 Å². The van der Waals surface area contributed by atoms with Crippen molar-refractivity contribution in [3.8, 4) is 17.6 Å². The molecular weight excluding hydrogens is 232 g/mol. The minimum absolute atomic E-state index is 0.00330. The summed E-state index contributed by atoms with van der Waals surface area (Å²) in [7, 11) is 1.49. The van der Waals surface area contributed by atoms with Gasteiger partial charge in [-0.1, -0.05) is 6.92 Å². The fourth-order valence-corrected chi connectivity index (χ4v) is 1.59. The highest BCUT2D eigenvalue weighted by molar-refractivity contribution is 5.97. The van der Waals surface area contributed by atoms with Crippen molar-refractivity contribution in [1.29, 1.82) is 5.26 Å². The first-order chi connectivity index (χ1) is 8.63. The fourth-order valence-electron chi connectivity index (χ4n) is 1.59. The molecule has 0 unspecified atom stereocenters. The van der Waals surface area contributed by atoms with Gasteiger partial charge in [0.2, 0.25) is 0 Å². The van der Waals surface area contributed by atoms with Gasteiger partial charge in [-0.05, 0) is 24.6 Å². The van der Waals surface area contributed by atoms with E-state index in [1.54, 1.807) is 6.07 Å². The number of nitriles is 1. The average Bonchev–Trinajstić information content (AvgIpc) is 2.38. The number of nitrogens with zero attached hydrogens (tertiary/aromatic N) is 2. The van der Waals surface area contributed by atoms with Gasteiger partial charge in [-0.15, -0.1) is 0 Å². The Morgan fingerprint density at radius 3 is 2.83 bits per heavy atom. The number of rotatable bonds is 5. The van der Waals surface area contributed by atoms with Crippen molar-refractivity contribution in [3.63, 3.8) is 0 Å². The summed E-state index contributed by atoms with van der Waals surface area (Å²) in [5.74, 6) is 0.0131. The Morgan fingerprint density at radius 2 is 2.28 bits per heavy atom. The largest absolute Gasteiger partial charge is 0.507 e. The van der Waals surface area contributed by atoms with Crippen molar-refractivity contribution in [2.75, 3.05) is 20.2 Å². The molecule has 0 aliphatic heterocycles. The van der Waals surface area contributed by atoms with Crippen LogP contribution in [-0.2, 0) is 0 Å². The average molecular weight is 248 g/mol. The van der Waals surface area contributed by atoms with Crippen LogP contribution < -0.4 is 4.74 Å². The highest BCUT2D eigenvalue weighted by Crippen LogP contribution is 2.24. The highest BCUT2D eigenvalue weighted by atomic mass is 16.5. The third kappa shape index (κ3) is 3.14. The molecule has 96 valence electrons. The monoisotopic (exact) mass is 248 g/mol. The molecule has 0 fully saturated rings. The lowest BCUT2D eigenvalue weighted by Crippen LogP contribution is -2.32. The normalized spacial score (nSPS) is 9.61. The van der Waals surface area contributed by atoms with Gasteiger partial charge in [0.1, 0.15) is 18.0 Å². The number of benzene rings is 1. The molecule has 0 saturated heterocycles. The number of carbonyl (C=O) groups is 1. The smallest absolute Gasteiger partial charge is 0.258 e. The van der Waals surface area contributed by atoms with Gasteiger partial charge >= 0.3 is 0 Å². The summed E-state index contributed by atoms with van der Waals surface area (Å²) in [6, 6.07) is 6.39. The zero-order chi connectivity index (χ0) is 13.5. The molecule has 18 heavy (non-hydrogen) atoms. The van der Waals surface area contributed by atoms with E-state index in [1.165, 1.54) is 24.1 Å². The number of carbonyl (C=O) groups excluding carboxylic acids is 1. The maximum absolute atomic E-state index is 12.2. The summed E-state index contributed by atoms with van der Waals surface area (Å²) in [6.07, 6.45) is 0.748. The second-order valence-corrected chi connectivity index (χ2v) is 3.77. The Morgan fingerprint density at radius 1 is 1.56 bits per heavy atom. The summed E-state index contributed by atoms with van der Waals surface area (Å²) in [5, 5.41) is 18.4. The van der Waals surface area contributed by atoms with Gasteiger partial charge in [0.15, 0.2) is 0 Å². The molecule has 1 aromatic rings. The lowest BCUT2D eigenvalue weighted by Gasteiger charge is -2.19. The van der Waals surface area contributed by atoms with E-state index < -0.39 is 0 Å². The molecule has 0 aliphatic carbocycles. The van der Waals surface area contributed by atoms with Crippen molar-refractivity contribution in [3.05, 3.63) is 23.8 Å². The van der Waals surface area contributed by atoms with Crippen molar-refractivity contribution in [2.45, 2.75) is 13.3 Å². The molecular formula is C13H16N2O3. The molecule has 0 heterocycles. The van der Waals surface area contributed by atoms with Crippen LogP contribution in [0.1, 0.15) is 23.7 Å². The van der Waals surface area contributed by atoms with Crippen LogP contribution >= 0.6 is 0 Å². The Hall–Kier alpha value is -2.22. The van der Waals surface area contributed by atoms with Gasteiger partial charge in [0.25, 0.3) is 5.91 Å². The van der Waals surface area contributed by atoms with Crippen LogP contribution in [0.3, 0.4) is 0 Å². The van der Waals surface area contributed by atoms with Gasteiger partial charge in [0.05, 0.1) is 18.7 Å². The molecule has 0 aromatic heterocycles. The van der Waals surface area contributed by atoms with E-state index in [9.17, 15) is 9.90 Å². The third-order valence-electron chi connectivity index (χ3n) is 2.48. The van der Waals surface area contributed by atoms with E-state index in [-0.39, 0.29) is 23.8 Å². The van der Waals surface area contributed by atoms with E-state index in [4.69, 9.17) is 10.00 Å². The van der Waals surface area contributed by atoms with Crippen molar-refractivity contribution in [2.24, 2.45) is 0 Å². The summed E-state index contributed by atoms with van der Waals surface area (Å²) >= 11 is 0. The molecule has 0 aliphatic rings. The number of ether oxygens (including phenoxy) is 1. The van der Waals surface area contributed by atoms with Crippen LogP contribution in [0.2, 0.25) is 0 Å². The minimum Gasteiger partial charge on any atom is -0.507 e. The standard InChI is InChI=1S/C13H16N2O3/c1-3-7-15(8-6-14)13(17)11-9-10(18-2)4-5-12(11)16/h4-5,9,16H,3,7-8H2,1-2H3. The van der Waals surface area contributed by atoms with E-state index in [2.05, 4.69) is 0 Å². The predicted octanol–water partition coefficient (Wildman–Crippen LogP) is 1.78. The topological polar surface area (TPSA) is 73.6 Å². The Kier molecular flexibility index (Phi) is 5.00. The predicted molar refractivity (Wildman–Crippen MR) is 66.5 cm³/mol. The highest BCUT2D eigenvalue weighted by Gasteiger charge is 2.18. The number of hydrogen-bond acceptors (Lipinski definition) is 4. The molecule has 0 bridgehead atoms. The van der Waals surface area contributed by atoms with Crippen LogP contribution in [0.15, 0.2) is 18.2 Å². The van der Waals surface area contributed by atoms with Gasteiger partial charge in [-0.25, -0.2) is 0 Å². The van der Waals surface area contributed by atoms with Crippen LogP contribution in [0.4, 0.5) is 0 Å². The molecule has 5 nitrogen and oxygen atoms in total. The minimum atomic E-state index is -0.366. The maximum atomic E-state index is 12.2. The van der Waals surface area contributed by atoms with Crippen LogP contribution in [0.5, 0.6) is 11.5 Å². The van der Waals surface area contributed by atoms with E-state index >= 15 is 0 Å². The van der Waals surface area contributed by atoms with Gasteiger partial charge < -0.3 is 14.7 Å². The van der Waals surface area contributed by atoms with Crippen molar-refractivity contribution < 1.29 is 14.6 Å². The first kappa shape index (κ1) is 13.8. The second-order valence-electron chi connectivity index (χ2n) is 3.77. The molecule has 0 spiro atoms. The maximum Gasteiger partial charge on any atom is 0.258 e. The number of hydrogen-bond donors (Lipinski definition) is 1. The summed E-state index contributed by atoms with van der Waals surface area (Å²) in [6.45, 7) is 2.40. The molecule has 1 amide bonds. The molecule has 1 aromatic carbocycles. The number of phenolic OH excluding ortho intramolecular Hbond substituents is 1. The quantitative estimate of drug-likeness (QED) is 0.806. The van der Waals surface area contributed by atoms with Crippen LogP contribution in [-0.4, -0.2) is 36.1 Å². The number of amides is 1. The summed E-state index contributed by atoms with van der Waals surface area (Å²) in [5.41, 5.74) is 0.151. The molecule has 0 saturated carbocycles. The van der Waals surface area contributed by atoms with E-state index in [1.807, 2.05) is 13.0 Å². The SMILES string of the molecule is CCCN(CC#N)C(=O)c1cc(OC)ccc1O.